The molecule has 0 unspecified atom stereocenters. The molecule has 2 aliphatic heterocycles. The molecule has 2 aliphatic rings. The van der Waals surface area contributed by atoms with Crippen LogP contribution in [0.3, 0.4) is 0 Å². The predicted molar refractivity (Wildman–Crippen MR) is 307 cm³/mol. The van der Waals surface area contributed by atoms with Crippen molar-refractivity contribution in [2.45, 2.75) is 65.2 Å². The molecule has 0 saturated carbocycles. The Bertz CT molecular complexity index is 3690. The maximum Gasteiger partial charge on any atom is 0.127 e. The van der Waals surface area contributed by atoms with Crippen molar-refractivity contribution >= 4 is 21.5 Å². The summed E-state index contributed by atoms with van der Waals surface area (Å²) in [5, 5.41) is 4.62. The molecule has 0 aromatic heterocycles. The number of fused-ring (bicyclic) bond motifs is 2. The number of hydrogen-bond donors (Lipinski definition) is 0. The van der Waals surface area contributed by atoms with E-state index in [1.165, 1.54) is 56.3 Å². The summed E-state index contributed by atoms with van der Waals surface area (Å²) in [6.45, 7) is 7.42. The van der Waals surface area contributed by atoms with Crippen LogP contribution in [0.25, 0.3) is 32.7 Å². The zero-order valence-corrected chi connectivity index (χ0v) is 50.2. The van der Waals surface area contributed by atoms with Gasteiger partial charge in [0.15, 0.2) is 0 Å². The van der Waals surface area contributed by atoms with Gasteiger partial charge in [-0.05, 0) is 151 Å². The van der Waals surface area contributed by atoms with Crippen LogP contribution in [0.15, 0.2) is 194 Å². The van der Waals surface area contributed by atoms with Crippen LogP contribution in [0.2, 0.25) is 0 Å². The third-order valence-electron chi connectivity index (χ3n) is 15.6. The Hall–Kier alpha value is -6.12. The topological polar surface area (TPSA) is 18.5 Å². The first-order valence-corrected chi connectivity index (χ1v) is 26.9. The SMILES string of the molecule is Cc1ccc2c(-c3c(Cc4ccc(Cc5ccc(Cc6ccc(C[C-]7COC7)cc6)cc5)c(F)c4)ccc4cc(C)ccc34)cc(Cc3ccc(Cc4ccc(Cc5ccc(C[C-]6COC6)cc5)cc4)c(F)c3)cc2c1.[W].[W]. The number of hydrogen-bond acceptors (Lipinski definition) is 2. The van der Waals surface area contributed by atoms with Crippen LogP contribution in [0.1, 0.15) is 89.0 Å². The number of aryl methyl sites for hydroxylation is 2. The Morgan fingerprint density at radius 1 is 0.333 bits per heavy atom. The summed E-state index contributed by atoms with van der Waals surface area (Å²) in [6, 6.07) is 68.9. The number of rotatable bonds is 17. The van der Waals surface area contributed by atoms with Crippen molar-refractivity contribution in [3.8, 4) is 11.1 Å². The Balaban J connectivity index is 0.00000344. The van der Waals surface area contributed by atoms with Gasteiger partial charge in [0.25, 0.3) is 0 Å². The van der Waals surface area contributed by atoms with Crippen molar-refractivity contribution in [2.24, 2.45) is 0 Å². The fraction of sp³-hybridized carbons (Fsp3) is 0.194. The van der Waals surface area contributed by atoms with Gasteiger partial charge in [-0.2, -0.15) is 0 Å². The zero-order valence-electron chi connectivity index (χ0n) is 44.3. The molecule has 0 bridgehead atoms. The molecule has 2 heterocycles. The van der Waals surface area contributed by atoms with Crippen LogP contribution in [-0.2, 0) is 103 Å². The van der Waals surface area contributed by atoms with E-state index in [1.807, 2.05) is 12.1 Å². The monoisotopic (exact) mass is 1360 g/mol. The molecule has 12 rings (SSSR count). The molecule has 0 spiro atoms. The van der Waals surface area contributed by atoms with E-state index in [1.54, 1.807) is 12.1 Å². The summed E-state index contributed by atoms with van der Waals surface area (Å²) in [7, 11) is 0. The Morgan fingerprint density at radius 3 is 1.15 bits per heavy atom. The normalized spacial score (nSPS) is 13.4. The molecule has 78 heavy (non-hydrogen) atoms. The summed E-state index contributed by atoms with van der Waals surface area (Å²) in [5.74, 6) is 2.54. The Labute approximate surface area is 487 Å². The van der Waals surface area contributed by atoms with Gasteiger partial charge in [-0.3, -0.25) is 11.8 Å². The molecule has 0 amide bonds. The van der Waals surface area contributed by atoms with Crippen LogP contribution in [0.5, 0.6) is 0 Å². The summed E-state index contributed by atoms with van der Waals surface area (Å²) in [6.07, 6.45) is 5.92. The van der Waals surface area contributed by atoms with Crippen molar-refractivity contribution < 1.29 is 60.4 Å². The van der Waals surface area contributed by atoms with Gasteiger partial charge in [-0.15, -0.1) is 12.8 Å². The first-order chi connectivity index (χ1) is 37.2. The number of ether oxygens (including phenoxy) is 2. The maximum absolute atomic E-state index is 16.2. The number of benzene rings is 10. The minimum absolute atomic E-state index is 0. The van der Waals surface area contributed by atoms with E-state index in [0.29, 0.717) is 36.8 Å². The Morgan fingerprint density at radius 2 is 0.705 bits per heavy atom. The van der Waals surface area contributed by atoms with E-state index in [4.69, 9.17) is 9.47 Å². The predicted octanol–water partition coefficient (Wildman–Crippen LogP) is 16.4. The van der Waals surface area contributed by atoms with E-state index < -0.39 is 0 Å². The quantitative estimate of drug-likeness (QED) is 0.0846. The van der Waals surface area contributed by atoms with Gasteiger partial charge in [0.05, 0.1) is 0 Å². The molecule has 2 fully saturated rings. The molecule has 390 valence electrons. The summed E-state index contributed by atoms with van der Waals surface area (Å²) < 4.78 is 43.0. The van der Waals surface area contributed by atoms with Gasteiger partial charge >= 0.3 is 0 Å². The van der Waals surface area contributed by atoms with Crippen LogP contribution in [0, 0.1) is 37.3 Å². The van der Waals surface area contributed by atoms with Gasteiger partial charge in [0.2, 0.25) is 0 Å². The third kappa shape index (κ3) is 13.1. The van der Waals surface area contributed by atoms with E-state index in [9.17, 15) is 0 Å². The molecule has 0 radical (unpaired) electrons. The van der Waals surface area contributed by atoms with Crippen LogP contribution < -0.4 is 0 Å². The van der Waals surface area contributed by atoms with Crippen LogP contribution in [-0.4, -0.2) is 26.4 Å². The third-order valence-corrected chi connectivity index (χ3v) is 15.6. The number of halogens is 2. The van der Waals surface area contributed by atoms with Crippen LogP contribution in [0.4, 0.5) is 8.78 Å². The van der Waals surface area contributed by atoms with E-state index in [2.05, 4.69) is 184 Å². The van der Waals surface area contributed by atoms with Crippen molar-refractivity contribution in [3.05, 3.63) is 307 Å². The average molecular weight is 1360 g/mol. The second-order valence-electron chi connectivity index (χ2n) is 21.7. The summed E-state index contributed by atoms with van der Waals surface area (Å²) in [5.41, 5.74) is 20.0. The fourth-order valence-corrected chi connectivity index (χ4v) is 11.2. The van der Waals surface area contributed by atoms with E-state index >= 15 is 8.78 Å². The van der Waals surface area contributed by atoms with Crippen molar-refractivity contribution in [3.63, 3.8) is 0 Å². The van der Waals surface area contributed by atoms with Gasteiger partial charge in [-0.1, -0.05) is 231 Å². The average Bonchev–Trinajstić information content (AvgIpc) is 3.61. The molecular weight excluding hydrogens is 1300 g/mol. The van der Waals surface area contributed by atoms with Crippen molar-refractivity contribution in [2.75, 3.05) is 26.4 Å². The van der Waals surface area contributed by atoms with Gasteiger partial charge < -0.3 is 9.47 Å². The minimum Gasteiger partial charge on any atom is -0.444 e. The largest absolute Gasteiger partial charge is 0.444 e. The first kappa shape index (κ1) is 55.2. The molecular formula is C72H62F2O2W2-2. The van der Waals surface area contributed by atoms with Gasteiger partial charge in [0, 0.05) is 55.0 Å². The second kappa shape index (κ2) is 24.9. The molecule has 0 N–H and O–H groups in total. The smallest absolute Gasteiger partial charge is 0.127 e. The second-order valence-corrected chi connectivity index (χ2v) is 21.7. The standard InChI is InChI=1S/C72H62F2O2.2W/c1-47-4-28-68-62(29-47)25-26-65(38-58-22-24-64(71(74)42-58)37-56-19-15-52(16-20-56)32-50-7-11-54(12-8-50)34-61-45-76-46-61)72(68)69-40-59(39-66-30-48(2)3-27-67(66)69)35-57-21-23-63(70(73)41-57)36-55-17-13-51(14-18-55)31-49-5-9-53(10-6-49)33-60-43-75-44-60;;/h3-30,39-42H,31-38,43-46H2,1-2H3;;/q-2;;. The van der Waals surface area contributed by atoms with Crippen molar-refractivity contribution in [1.82, 2.24) is 0 Å². The molecule has 6 heteroatoms. The molecule has 2 saturated heterocycles. The van der Waals surface area contributed by atoms with Crippen molar-refractivity contribution in [1.29, 1.82) is 0 Å². The molecule has 0 aliphatic carbocycles. The van der Waals surface area contributed by atoms with E-state index in [0.717, 1.165) is 118 Å². The summed E-state index contributed by atoms with van der Waals surface area (Å²) in [4.78, 5) is 0. The minimum atomic E-state index is -0.187. The Kier molecular flexibility index (Phi) is 17.6. The molecule has 10 aromatic rings. The van der Waals surface area contributed by atoms with Crippen LogP contribution >= 0.6 is 0 Å². The van der Waals surface area contributed by atoms with Gasteiger partial charge in [0.1, 0.15) is 11.6 Å². The molecule has 2 nitrogen and oxygen atoms in total. The van der Waals surface area contributed by atoms with E-state index in [-0.39, 0.29) is 53.8 Å². The first-order valence-electron chi connectivity index (χ1n) is 26.9. The zero-order chi connectivity index (χ0) is 51.5. The fourth-order valence-electron chi connectivity index (χ4n) is 11.2. The summed E-state index contributed by atoms with van der Waals surface area (Å²) >= 11 is 0. The van der Waals surface area contributed by atoms with Gasteiger partial charge in [-0.25, -0.2) is 8.78 Å². The maximum atomic E-state index is 16.2. The molecule has 10 aromatic carbocycles. The molecule has 0 atom stereocenters.